The third kappa shape index (κ3) is 11.1. The molecule has 2 atom stereocenters. The van der Waals surface area contributed by atoms with Gasteiger partial charge in [-0.1, -0.05) is 52.4 Å². The average Bonchev–Trinajstić information content (AvgIpc) is 3.63. The van der Waals surface area contributed by atoms with Crippen molar-refractivity contribution in [1.29, 1.82) is 0 Å². The molecule has 13 heteroatoms. The lowest BCUT2D eigenvalue weighted by Crippen LogP contribution is -2.45. The Kier molecular flexibility index (Phi) is 14.9. The molecule has 0 radical (unpaired) electrons. The number of nitrogens with zero attached hydrogens (tertiary/aromatic N) is 2. The Morgan fingerprint density at radius 2 is 1.30 bits per heavy atom. The number of aromatic hydroxyl groups is 1. The Balaban J connectivity index is 0.000000821. The zero-order chi connectivity index (χ0) is 32.0. The molecule has 2 saturated heterocycles. The summed E-state index contributed by atoms with van der Waals surface area (Å²) in [6.07, 6.45) is 7.33. The Hall–Kier alpha value is -3.22. The molecule has 0 aliphatic carbocycles. The predicted molar refractivity (Wildman–Crippen MR) is 154 cm³/mol. The smallest absolute Gasteiger partial charge is 0.430 e. The van der Waals surface area contributed by atoms with Crippen LogP contribution < -0.4 is 21.5 Å². The number of unbranched alkanes of at least 4 members (excludes halogenated alkanes) is 6. The van der Waals surface area contributed by atoms with E-state index in [1.165, 1.54) is 25.7 Å². The van der Waals surface area contributed by atoms with Gasteiger partial charge < -0.3 is 41.2 Å². The van der Waals surface area contributed by atoms with Gasteiger partial charge in [0, 0.05) is 43.4 Å². The molecule has 6 N–H and O–H groups in total. The van der Waals surface area contributed by atoms with Crippen LogP contribution in [0.5, 0.6) is 5.75 Å². The molecule has 0 spiro atoms. The number of aliphatic carboxylic acids is 1. The predicted octanol–water partition coefficient (Wildman–Crippen LogP) is 4.42. The van der Waals surface area contributed by atoms with Gasteiger partial charge in [-0.25, -0.2) is 9.59 Å². The number of nitrogens with one attached hydrogen (secondary N) is 2. The van der Waals surface area contributed by atoms with E-state index in [0.29, 0.717) is 19.6 Å². The van der Waals surface area contributed by atoms with E-state index in [4.69, 9.17) is 9.90 Å². The van der Waals surface area contributed by atoms with Crippen molar-refractivity contribution in [2.75, 3.05) is 26.2 Å². The van der Waals surface area contributed by atoms with Crippen LogP contribution in [0.25, 0.3) is 0 Å². The van der Waals surface area contributed by atoms with Gasteiger partial charge in [0.15, 0.2) is 0 Å². The fourth-order valence-corrected chi connectivity index (χ4v) is 5.61. The van der Waals surface area contributed by atoms with Gasteiger partial charge in [0.1, 0.15) is 17.4 Å². The number of likely N-dealkylation sites (tertiary alicyclic amines) is 2. The summed E-state index contributed by atoms with van der Waals surface area (Å²) in [6, 6.07) is 3.42. The highest BCUT2D eigenvalue weighted by molar-refractivity contribution is 5.76. The number of carbonyl (C=O) groups is 3. The largest absolute Gasteiger partial charge is 0.542 e. The summed E-state index contributed by atoms with van der Waals surface area (Å²) in [4.78, 5) is 38.5. The summed E-state index contributed by atoms with van der Waals surface area (Å²) in [5.41, 5.74) is 6.68. The van der Waals surface area contributed by atoms with Crippen molar-refractivity contribution in [2.24, 2.45) is 0 Å². The van der Waals surface area contributed by atoms with Crippen LogP contribution in [0.1, 0.15) is 114 Å². The molecule has 2 fully saturated rings. The second kappa shape index (κ2) is 17.8. The number of carbonyl (C=O) groups excluding carboxylic acids is 3. The standard InChI is InChI=1S/C28H47N5O3.C2HF3O2/c1-3-5-7-9-15-30-27(35)32-17-11-13-24(32)21-19-22(26(34)20-23(21)29)25-14-12-18-33(25)28(36)31-16-10-8-6-4-2;3-2(4,5)1(6)7/h19-20,24-25,34H,3-18,29H2,1-2H3,(H,30,35)(H,31,36);(H,6,7). The number of phenolic OH excluding ortho intramolecular Hbond substituents is 1. The van der Waals surface area contributed by atoms with E-state index in [-0.39, 0.29) is 29.9 Å². The second-order valence-electron chi connectivity index (χ2n) is 11.2. The number of phenols is 1. The van der Waals surface area contributed by atoms with Gasteiger partial charge in [-0.2, -0.15) is 13.2 Å². The fraction of sp³-hybridized carbons (Fsp3) is 0.700. The molecule has 0 saturated carbocycles. The number of hydrogen-bond acceptors (Lipinski definition) is 5. The van der Waals surface area contributed by atoms with Crippen molar-refractivity contribution >= 4 is 23.7 Å². The Morgan fingerprint density at radius 1 is 0.860 bits per heavy atom. The van der Waals surface area contributed by atoms with Crippen molar-refractivity contribution in [3.05, 3.63) is 23.3 Å². The number of rotatable bonds is 12. The van der Waals surface area contributed by atoms with Gasteiger partial charge in [-0.15, -0.1) is 0 Å². The van der Waals surface area contributed by atoms with E-state index in [1.54, 1.807) is 6.07 Å². The number of alkyl halides is 3. The Bertz CT molecular complexity index is 990. The minimum atomic E-state index is -5.19. The van der Waals surface area contributed by atoms with E-state index >= 15 is 0 Å². The first-order chi connectivity index (χ1) is 20.4. The third-order valence-corrected chi connectivity index (χ3v) is 7.88. The van der Waals surface area contributed by atoms with Gasteiger partial charge in [0.05, 0.1) is 12.1 Å². The lowest BCUT2D eigenvalue weighted by Gasteiger charge is -2.29. The molecule has 2 unspecified atom stereocenters. The first-order valence-corrected chi connectivity index (χ1v) is 15.5. The van der Waals surface area contributed by atoms with Crippen LogP contribution in [0.15, 0.2) is 12.1 Å². The molecule has 1 aromatic carbocycles. The average molecular weight is 616 g/mol. The van der Waals surface area contributed by atoms with Crippen LogP contribution in [0.2, 0.25) is 0 Å². The SMILES string of the molecule is CCCCCCNC(=O)N1CCCC1c1cc(C2CCCN2C(=O)NCCCCCC)c(O)cc1[NH3+].O=C([O-])C(F)(F)F. The van der Waals surface area contributed by atoms with Crippen molar-refractivity contribution in [1.82, 2.24) is 20.4 Å². The maximum Gasteiger partial charge on any atom is 0.430 e. The maximum absolute atomic E-state index is 13.0. The molecule has 1 aromatic rings. The lowest BCUT2D eigenvalue weighted by molar-refractivity contribution is -0.344. The fourth-order valence-electron chi connectivity index (χ4n) is 5.61. The van der Waals surface area contributed by atoms with Crippen LogP contribution in [0.4, 0.5) is 28.4 Å². The molecule has 2 heterocycles. The first-order valence-electron chi connectivity index (χ1n) is 15.5. The lowest BCUT2D eigenvalue weighted by atomic mass is 9.95. The van der Waals surface area contributed by atoms with Gasteiger partial charge in [0.25, 0.3) is 0 Å². The van der Waals surface area contributed by atoms with Crippen LogP contribution in [-0.4, -0.2) is 65.3 Å². The summed E-state index contributed by atoms with van der Waals surface area (Å²) < 4.78 is 31.5. The maximum atomic E-state index is 13.0. The van der Waals surface area contributed by atoms with E-state index in [1.807, 2.05) is 15.9 Å². The normalized spacial score (nSPS) is 18.3. The zero-order valence-corrected chi connectivity index (χ0v) is 25.4. The molecular formula is C30H48F3N5O5. The summed E-state index contributed by atoms with van der Waals surface area (Å²) in [6.45, 7) is 7.14. The minimum Gasteiger partial charge on any atom is -0.542 e. The first kappa shape index (κ1) is 36.0. The quantitative estimate of drug-likeness (QED) is 0.257. The summed E-state index contributed by atoms with van der Waals surface area (Å²) in [5.74, 6) is -2.83. The van der Waals surface area contributed by atoms with Crippen molar-refractivity contribution < 1.29 is 43.5 Å². The minimum absolute atomic E-state index is 0.0204. The van der Waals surface area contributed by atoms with Gasteiger partial charge >= 0.3 is 18.2 Å². The number of urea groups is 2. The molecule has 2 aliphatic rings. The molecule has 0 aromatic heterocycles. The number of carboxylic acids is 1. The topological polar surface area (TPSA) is 153 Å². The monoisotopic (exact) mass is 615 g/mol. The van der Waals surface area contributed by atoms with Gasteiger partial charge in [-0.05, 0) is 44.6 Å². The molecule has 43 heavy (non-hydrogen) atoms. The highest BCUT2D eigenvalue weighted by Crippen LogP contribution is 2.42. The highest BCUT2D eigenvalue weighted by atomic mass is 19.4. The van der Waals surface area contributed by atoms with E-state index in [9.17, 15) is 27.9 Å². The summed E-state index contributed by atoms with van der Waals surface area (Å²) in [7, 11) is 0. The summed E-state index contributed by atoms with van der Waals surface area (Å²) >= 11 is 0. The molecule has 3 rings (SSSR count). The number of hydrogen-bond donors (Lipinski definition) is 4. The number of quaternary nitrogens is 1. The molecule has 244 valence electrons. The Morgan fingerprint density at radius 3 is 1.72 bits per heavy atom. The van der Waals surface area contributed by atoms with Gasteiger partial charge in [-0.3, -0.25) is 0 Å². The number of halogens is 3. The second-order valence-corrected chi connectivity index (χ2v) is 11.2. The van der Waals surface area contributed by atoms with E-state index in [2.05, 4.69) is 30.2 Å². The molecular weight excluding hydrogens is 567 g/mol. The number of amides is 4. The van der Waals surface area contributed by atoms with E-state index < -0.39 is 12.1 Å². The van der Waals surface area contributed by atoms with Crippen LogP contribution in [0, 0.1) is 0 Å². The number of benzene rings is 1. The van der Waals surface area contributed by atoms with Crippen LogP contribution >= 0.6 is 0 Å². The molecule has 10 nitrogen and oxygen atoms in total. The molecule has 2 aliphatic heterocycles. The molecule has 4 amide bonds. The zero-order valence-electron chi connectivity index (χ0n) is 25.4. The summed E-state index contributed by atoms with van der Waals surface area (Å²) in [5, 5.41) is 25.8. The van der Waals surface area contributed by atoms with E-state index in [0.717, 1.165) is 74.7 Å². The van der Waals surface area contributed by atoms with Gasteiger partial charge in [0.2, 0.25) is 0 Å². The number of carboxylic acid groups (broad SMARTS) is 1. The van der Waals surface area contributed by atoms with Crippen molar-refractivity contribution in [2.45, 2.75) is 109 Å². The van der Waals surface area contributed by atoms with Crippen LogP contribution in [-0.2, 0) is 4.79 Å². The van der Waals surface area contributed by atoms with Crippen LogP contribution in [0.3, 0.4) is 0 Å². The van der Waals surface area contributed by atoms with Crippen molar-refractivity contribution in [3.8, 4) is 5.75 Å². The highest BCUT2D eigenvalue weighted by Gasteiger charge is 2.36. The third-order valence-electron chi connectivity index (χ3n) is 7.88. The molecule has 0 bridgehead atoms. The Labute approximate surface area is 252 Å². The van der Waals surface area contributed by atoms with Crippen molar-refractivity contribution in [3.63, 3.8) is 0 Å².